The molecule has 0 unspecified atom stereocenters. The molecule has 0 atom stereocenters. The van der Waals surface area contributed by atoms with Gasteiger partial charge in [-0.15, -0.1) is 0 Å². The van der Waals surface area contributed by atoms with Crippen molar-refractivity contribution in [3.8, 4) is 0 Å². The minimum Gasteiger partial charge on any atom is -0.364 e. The molecule has 102 valence electrons. The average molecular weight is 283 g/mol. The average Bonchev–Trinajstić information content (AvgIpc) is 2.52. The first-order valence-corrected chi connectivity index (χ1v) is 6.82. The van der Waals surface area contributed by atoms with Gasteiger partial charge < -0.3 is 5.32 Å². The Hall–Kier alpha value is -2.20. The van der Waals surface area contributed by atoms with Crippen LogP contribution in [0.25, 0.3) is 0 Å². The molecule has 1 N–H and O–H groups in total. The molecule has 2 rings (SSSR count). The van der Waals surface area contributed by atoms with Crippen LogP contribution in [0.2, 0.25) is 0 Å². The van der Waals surface area contributed by atoms with Crippen LogP contribution in [0.3, 0.4) is 0 Å². The fourth-order valence-corrected chi connectivity index (χ4v) is 1.84. The number of nitrogens with zero attached hydrogens (tertiary/aromatic N) is 2. The molecule has 0 radical (unpaired) electrons. The number of rotatable bonds is 4. The van der Waals surface area contributed by atoms with Crippen molar-refractivity contribution in [2.75, 3.05) is 7.05 Å². The molecule has 0 fully saturated rings. The lowest BCUT2D eigenvalue weighted by Gasteiger charge is -2.19. The molecular formula is C16H17N3S. The molecule has 20 heavy (non-hydrogen) atoms. The van der Waals surface area contributed by atoms with Crippen LogP contribution in [-0.4, -0.2) is 23.4 Å². The molecule has 0 heterocycles. The van der Waals surface area contributed by atoms with Gasteiger partial charge in [-0.25, -0.2) is 5.01 Å². The van der Waals surface area contributed by atoms with Crippen molar-refractivity contribution >= 4 is 23.5 Å². The van der Waals surface area contributed by atoms with E-state index in [1.165, 1.54) is 0 Å². The van der Waals surface area contributed by atoms with Crippen LogP contribution in [0.15, 0.2) is 65.8 Å². The molecule has 0 aliphatic carbocycles. The lowest BCUT2D eigenvalue weighted by atomic mass is 10.2. The summed E-state index contributed by atoms with van der Waals surface area (Å²) in [6.45, 7) is 0.643. The summed E-state index contributed by atoms with van der Waals surface area (Å²) in [5.41, 5.74) is 2.21. The monoisotopic (exact) mass is 283 g/mol. The second-order valence-electron chi connectivity index (χ2n) is 4.25. The van der Waals surface area contributed by atoms with Crippen molar-refractivity contribution in [3.05, 3.63) is 71.8 Å². The van der Waals surface area contributed by atoms with Gasteiger partial charge in [0.15, 0.2) is 5.11 Å². The standard InChI is InChI=1S/C16H17N3S/c1-17-16(20)19(13-15-10-6-3-7-11-15)18-12-14-8-4-2-5-9-14/h2-12H,13H2,1H3,(H,17,20)/b18-12+. The van der Waals surface area contributed by atoms with E-state index in [1.807, 2.05) is 54.7 Å². The van der Waals surface area contributed by atoms with E-state index >= 15 is 0 Å². The Kier molecular flexibility index (Phi) is 5.26. The maximum atomic E-state index is 5.29. The first-order chi connectivity index (χ1) is 9.79. The fourth-order valence-electron chi connectivity index (χ4n) is 1.73. The quantitative estimate of drug-likeness (QED) is 0.531. The molecule has 4 heteroatoms. The Balaban J connectivity index is 2.12. The Bertz CT molecular complexity index is 567. The number of hydrazone groups is 1. The Morgan fingerprint density at radius 1 is 1.10 bits per heavy atom. The van der Waals surface area contributed by atoms with E-state index in [0.717, 1.165) is 11.1 Å². The number of nitrogens with one attached hydrogen (secondary N) is 1. The predicted octanol–water partition coefficient (Wildman–Crippen LogP) is 3.03. The number of benzene rings is 2. The molecule has 0 aliphatic heterocycles. The summed E-state index contributed by atoms with van der Waals surface area (Å²) in [5.74, 6) is 0. The van der Waals surface area contributed by atoms with Crippen LogP contribution in [0.4, 0.5) is 0 Å². The van der Waals surface area contributed by atoms with Gasteiger partial charge in [-0.2, -0.15) is 5.10 Å². The van der Waals surface area contributed by atoms with E-state index in [-0.39, 0.29) is 0 Å². The summed E-state index contributed by atoms with van der Waals surface area (Å²) < 4.78 is 0. The van der Waals surface area contributed by atoms with Gasteiger partial charge >= 0.3 is 0 Å². The maximum absolute atomic E-state index is 5.29. The number of hydrogen-bond donors (Lipinski definition) is 1. The third kappa shape index (κ3) is 4.17. The van der Waals surface area contributed by atoms with Crippen LogP contribution in [0.5, 0.6) is 0 Å². The van der Waals surface area contributed by atoms with Crippen LogP contribution in [0, 0.1) is 0 Å². The highest BCUT2D eigenvalue weighted by atomic mass is 32.1. The van der Waals surface area contributed by atoms with E-state index in [2.05, 4.69) is 22.6 Å². The molecule has 3 nitrogen and oxygen atoms in total. The van der Waals surface area contributed by atoms with Crippen molar-refractivity contribution in [1.82, 2.24) is 10.3 Å². The van der Waals surface area contributed by atoms with Crippen LogP contribution in [0.1, 0.15) is 11.1 Å². The van der Waals surface area contributed by atoms with Gasteiger partial charge in [0.1, 0.15) is 0 Å². The molecule has 0 aromatic heterocycles. The first-order valence-electron chi connectivity index (χ1n) is 6.42. The third-order valence-corrected chi connectivity index (χ3v) is 3.18. The van der Waals surface area contributed by atoms with E-state index in [4.69, 9.17) is 12.2 Å². The summed E-state index contributed by atoms with van der Waals surface area (Å²) in [6.07, 6.45) is 1.81. The topological polar surface area (TPSA) is 27.6 Å². The van der Waals surface area contributed by atoms with Crippen molar-refractivity contribution in [3.63, 3.8) is 0 Å². The van der Waals surface area contributed by atoms with E-state index in [9.17, 15) is 0 Å². The van der Waals surface area contributed by atoms with Gasteiger partial charge in [-0.3, -0.25) is 0 Å². The third-order valence-electron chi connectivity index (χ3n) is 2.77. The molecular weight excluding hydrogens is 266 g/mol. The van der Waals surface area contributed by atoms with Gasteiger partial charge in [0, 0.05) is 7.05 Å². The molecule has 2 aromatic rings. The normalized spacial score (nSPS) is 10.4. The summed E-state index contributed by atoms with van der Waals surface area (Å²) in [7, 11) is 1.80. The Labute approximate surface area is 124 Å². The molecule has 0 spiro atoms. The van der Waals surface area contributed by atoms with Crippen molar-refractivity contribution in [1.29, 1.82) is 0 Å². The molecule has 2 aromatic carbocycles. The zero-order valence-corrected chi connectivity index (χ0v) is 12.2. The zero-order valence-electron chi connectivity index (χ0n) is 11.4. The maximum Gasteiger partial charge on any atom is 0.189 e. The zero-order chi connectivity index (χ0) is 14.2. The lowest BCUT2D eigenvalue weighted by molar-refractivity contribution is 0.437. The number of hydrogen-bond acceptors (Lipinski definition) is 2. The summed E-state index contributed by atoms with van der Waals surface area (Å²) in [5, 5.41) is 9.80. The van der Waals surface area contributed by atoms with Crippen molar-refractivity contribution in [2.24, 2.45) is 5.10 Å². The SMILES string of the molecule is CNC(=S)N(Cc1ccccc1)/N=C/c1ccccc1. The highest BCUT2D eigenvalue weighted by molar-refractivity contribution is 7.80. The minimum absolute atomic E-state index is 0.598. The largest absolute Gasteiger partial charge is 0.364 e. The van der Waals surface area contributed by atoms with Gasteiger partial charge in [0.25, 0.3) is 0 Å². The predicted molar refractivity (Wildman–Crippen MR) is 87.7 cm³/mol. The second-order valence-corrected chi connectivity index (χ2v) is 4.64. The minimum atomic E-state index is 0.598. The van der Waals surface area contributed by atoms with Crippen LogP contribution < -0.4 is 5.32 Å². The van der Waals surface area contributed by atoms with E-state index in [0.29, 0.717) is 11.7 Å². The van der Waals surface area contributed by atoms with Gasteiger partial charge in [-0.05, 0) is 23.3 Å². The lowest BCUT2D eigenvalue weighted by Crippen LogP contribution is -2.33. The Morgan fingerprint density at radius 2 is 1.70 bits per heavy atom. The van der Waals surface area contributed by atoms with Gasteiger partial charge in [0.05, 0.1) is 12.8 Å². The molecule has 0 aliphatic rings. The smallest absolute Gasteiger partial charge is 0.189 e. The fraction of sp³-hybridized carbons (Fsp3) is 0.125. The van der Waals surface area contributed by atoms with Crippen molar-refractivity contribution in [2.45, 2.75) is 6.54 Å². The van der Waals surface area contributed by atoms with Crippen LogP contribution >= 0.6 is 12.2 Å². The van der Waals surface area contributed by atoms with E-state index in [1.54, 1.807) is 12.1 Å². The molecule has 0 amide bonds. The van der Waals surface area contributed by atoms with Gasteiger partial charge in [-0.1, -0.05) is 60.7 Å². The summed E-state index contributed by atoms with van der Waals surface area (Å²) in [6, 6.07) is 20.1. The van der Waals surface area contributed by atoms with E-state index < -0.39 is 0 Å². The number of thiocarbonyl (C=S) groups is 1. The Morgan fingerprint density at radius 3 is 2.30 bits per heavy atom. The highest BCUT2D eigenvalue weighted by Gasteiger charge is 2.06. The summed E-state index contributed by atoms with van der Waals surface area (Å²) >= 11 is 5.29. The van der Waals surface area contributed by atoms with Gasteiger partial charge in [0.2, 0.25) is 0 Å². The molecule has 0 saturated heterocycles. The first kappa shape index (κ1) is 14.2. The summed E-state index contributed by atoms with van der Waals surface area (Å²) in [4.78, 5) is 0. The van der Waals surface area contributed by atoms with Crippen molar-refractivity contribution < 1.29 is 0 Å². The highest BCUT2D eigenvalue weighted by Crippen LogP contribution is 2.06. The van der Waals surface area contributed by atoms with Crippen LogP contribution in [-0.2, 0) is 6.54 Å². The molecule has 0 saturated carbocycles. The second kappa shape index (κ2) is 7.40. The molecule has 0 bridgehead atoms.